The van der Waals surface area contributed by atoms with Gasteiger partial charge in [0.2, 0.25) is 0 Å². The van der Waals surface area contributed by atoms with E-state index >= 15 is 0 Å². The maximum Gasteiger partial charge on any atom is 3.00 e. The first-order valence-corrected chi connectivity index (χ1v) is 2.17. The minimum Gasteiger partial charge on any atom is -1.00 e. The van der Waals surface area contributed by atoms with E-state index in [1.807, 2.05) is 18.4 Å². The summed E-state index contributed by atoms with van der Waals surface area (Å²) in [6.45, 7) is 0. The standard InChI is InChI=1S/C6H5O.Co.2H/c7-5-6-3-1-2-4-6;;;/h1-3H,4H2;;;/q-1;+3;2*-1. The van der Waals surface area contributed by atoms with Crippen LogP contribution < -0.4 is 0 Å². The summed E-state index contributed by atoms with van der Waals surface area (Å²) in [6, 6.07) is 0. The van der Waals surface area contributed by atoms with Gasteiger partial charge in [0.15, 0.2) is 0 Å². The summed E-state index contributed by atoms with van der Waals surface area (Å²) in [5.41, 5.74) is 0.750. The monoisotopic (exact) mass is 154 g/mol. The third-order valence-corrected chi connectivity index (χ3v) is 0.902. The van der Waals surface area contributed by atoms with Crippen molar-refractivity contribution in [3.05, 3.63) is 23.8 Å². The predicted molar refractivity (Wildman–Crippen MR) is 29.8 cm³/mol. The largest absolute Gasteiger partial charge is 3.00 e. The van der Waals surface area contributed by atoms with Crippen molar-refractivity contribution in [1.82, 2.24) is 0 Å². The van der Waals surface area contributed by atoms with Crippen LogP contribution in [0.1, 0.15) is 9.27 Å². The Labute approximate surface area is 61.6 Å². The molecule has 0 aromatic rings. The summed E-state index contributed by atoms with van der Waals surface area (Å²) >= 11 is 0. The Morgan fingerprint density at radius 3 is 2.75 bits per heavy atom. The van der Waals surface area contributed by atoms with Crippen molar-refractivity contribution < 1.29 is 24.4 Å². The predicted octanol–water partition coefficient (Wildman–Crippen LogP) is 1.20. The molecule has 0 aliphatic heterocycles. The minimum atomic E-state index is 0. The molecule has 0 radical (unpaired) electrons. The molecule has 0 fully saturated rings. The Bertz CT molecular complexity index is 143. The molecule has 0 aromatic carbocycles. The molecule has 0 N–H and O–H groups in total. The van der Waals surface area contributed by atoms with Crippen LogP contribution in [0.15, 0.2) is 23.8 Å². The SMILES string of the molecule is O=[C-]C1=CC=CC1.[Co+3].[H-].[H-]. The smallest absolute Gasteiger partial charge is 1.00 e. The van der Waals surface area contributed by atoms with Crippen molar-refractivity contribution in [3.8, 4) is 0 Å². The van der Waals surface area contributed by atoms with Gasteiger partial charge in [-0.25, -0.2) is 6.08 Å². The Morgan fingerprint density at radius 2 is 2.50 bits per heavy atom. The third kappa shape index (κ3) is 1.64. The Morgan fingerprint density at radius 1 is 1.75 bits per heavy atom. The van der Waals surface area contributed by atoms with E-state index in [2.05, 4.69) is 0 Å². The minimum absolute atomic E-state index is 0. The third-order valence-electron chi connectivity index (χ3n) is 0.902. The Balaban J connectivity index is -0.000000163. The van der Waals surface area contributed by atoms with Crippen LogP contribution in [-0.2, 0) is 21.6 Å². The zero-order chi connectivity index (χ0) is 5.11. The first-order valence-electron chi connectivity index (χ1n) is 2.17. The molecule has 0 atom stereocenters. The van der Waals surface area contributed by atoms with Gasteiger partial charge in [0, 0.05) is 0 Å². The Hall–Kier alpha value is -0.344. The first kappa shape index (κ1) is 7.66. The van der Waals surface area contributed by atoms with Crippen LogP contribution in [0.5, 0.6) is 0 Å². The first-order chi connectivity index (χ1) is 3.43. The van der Waals surface area contributed by atoms with Crippen LogP contribution in [-0.4, -0.2) is 6.29 Å². The van der Waals surface area contributed by atoms with Gasteiger partial charge >= 0.3 is 16.8 Å². The van der Waals surface area contributed by atoms with Crippen LogP contribution in [0.25, 0.3) is 0 Å². The fraction of sp³-hybridized carbons (Fsp3) is 0.167. The molecule has 0 saturated carbocycles. The molecular weight excluding hydrogens is 147 g/mol. The fourth-order valence-corrected chi connectivity index (χ4v) is 0.523. The second kappa shape index (κ2) is 3.63. The van der Waals surface area contributed by atoms with Gasteiger partial charge in [-0.05, 0) is 12.7 Å². The quantitative estimate of drug-likeness (QED) is 0.518. The van der Waals surface area contributed by atoms with Gasteiger partial charge in [-0.1, -0.05) is 0 Å². The van der Waals surface area contributed by atoms with Gasteiger partial charge in [0.1, 0.15) is 0 Å². The second-order valence-corrected chi connectivity index (χ2v) is 1.43. The zero-order valence-corrected chi connectivity index (χ0v) is 5.22. The molecule has 0 aromatic heterocycles. The molecule has 0 saturated heterocycles. The summed E-state index contributed by atoms with van der Waals surface area (Å²) in [5, 5.41) is 0. The molecule has 1 aliphatic rings. The maximum atomic E-state index is 9.77. The molecule has 1 nitrogen and oxygen atoms in total. The number of allylic oxidation sites excluding steroid dienone is 4. The average Bonchev–Trinajstić information content (AvgIpc) is 2.14. The van der Waals surface area contributed by atoms with E-state index < -0.39 is 0 Å². The van der Waals surface area contributed by atoms with Crippen molar-refractivity contribution in [2.45, 2.75) is 6.42 Å². The molecular formula is C6H7CoO. The normalized spacial score (nSPS) is 14.8. The van der Waals surface area contributed by atoms with E-state index in [-0.39, 0.29) is 19.6 Å². The molecule has 1 aliphatic carbocycles. The molecule has 0 spiro atoms. The van der Waals surface area contributed by atoms with Gasteiger partial charge in [0.05, 0.1) is 0 Å². The molecule has 2 heteroatoms. The Kier molecular flexibility index (Phi) is 3.48. The van der Waals surface area contributed by atoms with Gasteiger partial charge in [-0.2, -0.15) is 5.57 Å². The van der Waals surface area contributed by atoms with E-state index in [0.717, 1.165) is 12.0 Å². The molecule has 0 unspecified atom stereocenters. The van der Waals surface area contributed by atoms with Crippen LogP contribution in [0.4, 0.5) is 0 Å². The summed E-state index contributed by atoms with van der Waals surface area (Å²) in [7, 11) is 0. The van der Waals surface area contributed by atoms with Crippen LogP contribution in [0.3, 0.4) is 0 Å². The zero-order valence-electron chi connectivity index (χ0n) is 6.18. The van der Waals surface area contributed by atoms with Gasteiger partial charge in [-0.15, -0.1) is 12.2 Å². The van der Waals surface area contributed by atoms with E-state index in [4.69, 9.17) is 0 Å². The summed E-state index contributed by atoms with van der Waals surface area (Å²) in [4.78, 5) is 9.77. The molecule has 1 rings (SSSR count). The van der Waals surface area contributed by atoms with Crippen molar-refractivity contribution in [2.24, 2.45) is 0 Å². The van der Waals surface area contributed by atoms with E-state index in [9.17, 15) is 4.79 Å². The molecule has 0 amide bonds. The number of rotatable bonds is 1. The van der Waals surface area contributed by atoms with Crippen molar-refractivity contribution in [3.63, 3.8) is 0 Å². The maximum absolute atomic E-state index is 9.77. The number of carbonyl (C=O) groups excluding carboxylic acids is 1. The average molecular weight is 154 g/mol. The van der Waals surface area contributed by atoms with Crippen LogP contribution in [0, 0.1) is 0 Å². The summed E-state index contributed by atoms with van der Waals surface area (Å²) in [5.74, 6) is 0. The topological polar surface area (TPSA) is 17.1 Å². The second-order valence-electron chi connectivity index (χ2n) is 1.43. The van der Waals surface area contributed by atoms with Gasteiger partial charge in [-0.3, -0.25) is 0 Å². The van der Waals surface area contributed by atoms with Crippen LogP contribution in [0.2, 0.25) is 0 Å². The van der Waals surface area contributed by atoms with Crippen molar-refractivity contribution in [1.29, 1.82) is 0 Å². The molecule has 8 heavy (non-hydrogen) atoms. The number of hydrogen-bond donors (Lipinski definition) is 0. The summed E-state index contributed by atoms with van der Waals surface area (Å²) in [6.07, 6.45) is 8.14. The number of hydrogen-bond acceptors (Lipinski definition) is 1. The van der Waals surface area contributed by atoms with Crippen molar-refractivity contribution >= 4 is 6.29 Å². The fourth-order valence-electron chi connectivity index (χ4n) is 0.523. The molecule has 0 heterocycles. The van der Waals surface area contributed by atoms with E-state index in [0.29, 0.717) is 0 Å². The van der Waals surface area contributed by atoms with E-state index in [1.165, 1.54) is 0 Å². The summed E-state index contributed by atoms with van der Waals surface area (Å²) < 4.78 is 0. The van der Waals surface area contributed by atoms with Crippen LogP contribution >= 0.6 is 0 Å². The molecule has 0 bridgehead atoms. The van der Waals surface area contributed by atoms with Crippen molar-refractivity contribution in [2.75, 3.05) is 0 Å². The molecule has 46 valence electrons. The van der Waals surface area contributed by atoms with E-state index in [1.54, 1.807) is 6.08 Å². The van der Waals surface area contributed by atoms with Gasteiger partial charge < -0.3 is 7.65 Å². The van der Waals surface area contributed by atoms with Gasteiger partial charge in [0.25, 0.3) is 0 Å².